The summed E-state index contributed by atoms with van der Waals surface area (Å²) in [4.78, 5) is 0. The van der Waals surface area contributed by atoms with E-state index >= 15 is 0 Å². The van der Waals surface area contributed by atoms with Crippen LogP contribution in [0.3, 0.4) is 0 Å². The molecule has 1 aliphatic rings. The van der Waals surface area contributed by atoms with Gasteiger partial charge in [0.25, 0.3) is 0 Å². The molecule has 1 saturated carbocycles. The van der Waals surface area contributed by atoms with Crippen LogP contribution in [0.2, 0.25) is 0 Å². The van der Waals surface area contributed by atoms with Gasteiger partial charge in [0.1, 0.15) is 0 Å². The summed E-state index contributed by atoms with van der Waals surface area (Å²) in [5.41, 5.74) is 1.50. The molecule has 0 saturated heterocycles. The van der Waals surface area contributed by atoms with Crippen LogP contribution in [0, 0.1) is 11.8 Å². The van der Waals surface area contributed by atoms with Gasteiger partial charge in [0.2, 0.25) is 0 Å². The van der Waals surface area contributed by atoms with Gasteiger partial charge >= 0.3 is 0 Å². The fourth-order valence-corrected chi connectivity index (χ4v) is 3.24. The summed E-state index contributed by atoms with van der Waals surface area (Å²) in [6, 6.07) is 10.9. The lowest BCUT2D eigenvalue weighted by molar-refractivity contribution is 0.348. The quantitative estimate of drug-likeness (QED) is 0.788. The molecule has 1 aromatic rings. The molecule has 2 atom stereocenters. The summed E-state index contributed by atoms with van der Waals surface area (Å²) in [5, 5.41) is 3.35. The van der Waals surface area contributed by atoms with E-state index in [0.717, 1.165) is 11.8 Å². The Kier molecular flexibility index (Phi) is 5.06. The van der Waals surface area contributed by atoms with Gasteiger partial charge in [0.15, 0.2) is 0 Å². The van der Waals surface area contributed by atoms with Crippen molar-refractivity contribution in [2.75, 3.05) is 13.6 Å². The smallest absolute Gasteiger partial charge is 0.00209 e. The highest BCUT2D eigenvalue weighted by molar-refractivity contribution is 5.14. The highest BCUT2D eigenvalue weighted by atomic mass is 14.8. The average molecular weight is 231 g/mol. The third-order valence-electron chi connectivity index (χ3n) is 4.17. The van der Waals surface area contributed by atoms with Gasteiger partial charge in [0, 0.05) is 0 Å². The summed E-state index contributed by atoms with van der Waals surface area (Å²) in [7, 11) is 2.08. The first-order chi connectivity index (χ1) is 8.40. The fourth-order valence-electron chi connectivity index (χ4n) is 3.24. The standard InChI is InChI=1S/C16H25N/c1-17-13-16-12-6-11-15(16)10-5-9-14-7-3-2-4-8-14/h2-4,7-8,15-17H,5-6,9-13H2,1H3. The predicted molar refractivity (Wildman–Crippen MR) is 74.1 cm³/mol. The lowest BCUT2D eigenvalue weighted by Crippen LogP contribution is -2.22. The Hall–Kier alpha value is -0.820. The molecule has 1 aromatic carbocycles. The van der Waals surface area contributed by atoms with Crippen LogP contribution < -0.4 is 5.32 Å². The minimum Gasteiger partial charge on any atom is -0.319 e. The first kappa shape index (κ1) is 12.6. The molecule has 1 fully saturated rings. The van der Waals surface area contributed by atoms with Gasteiger partial charge in [-0.05, 0) is 56.7 Å². The Bertz CT molecular complexity index is 307. The first-order valence-corrected chi connectivity index (χ1v) is 7.08. The number of rotatable bonds is 6. The van der Waals surface area contributed by atoms with Crippen molar-refractivity contribution >= 4 is 0 Å². The molecule has 0 aliphatic heterocycles. The van der Waals surface area contributed by atoms with Crippen molar-refractivity contribution in [3.05, 3.63) is 35.9 Å². The van der Waals surface area contributed by atoms with Gasteiger partial charge in [-0.1, -0.05) is 43.2 Å². The molecule has 0 amide bonds. The van der Waals surface area contributed by atoms with Crippen LogP contribution in [-0.2, 0) is 6.42 Å². The number of aryl methyl sites for hydroxylation is 1. The summed E-state index contributed by atoms with van der Waals surface area (Å²) in [6.45, 7) is 1.22. The zero-order chi connectivity index (χ0) is 11.9. The van der Waals surface area contributed by atoms with Crippen LogP contribution in [0.4, 0.5) is 0 Å². The second-order valence-corrected chi connectivity index (χ2v) is 5.39. The van der Waals surface area contributed by atoms with Crippen LogP contribution in [0.5, 0.6) is 0 Å². The maximum Gasteiger partial charge on any atom is -0.00209 e. The molecule has 0 bridgehead atoms. The summed E-state index contributed by atoms with van der Waals surface area (Å²) < 4.78 is 0. The molecule has 2 rings (SSSR count). The largest absolute Gasteiger partial charge is 0.319 e. The Balaban J connectivity index is 1.71. The van der Waals surface area contributed by atoms with Crippen molar-refractivity contribution < 1.29 is 0 Å². The van der Waals surface area contributed by atoms with Gasteiger partial charge in [-0.25, -0.2) is 0 Å². The van der Waals surface area contributed by atoms with E-state index in [1.54, 1.807) is 0 Å². The van der Waals surface area contributed by atoms with Crippen molar-refractivity contribution in [1.82, 2.24) is 5.32 Å². The molecule has 94 valence electrons. The maximum atomic E-state index is 3.35. The molecule has 0 aromatic heterocycles. The molecular formula is C16H25N. The second-order valence-electron chi connectivity index (χ2n) is 5.39. The SMILES string of the molecule is CNCC1CCCC1CCCc1ccccc1. The Morgan fingerprint density at radius 1 is 1.12 bits per heavy atom. The van der Waals surface area contributed by atoms with Gasteiger partial charge in [-0.3, -0.25) is 0 Å². The molecule has 0 radical (unpaired) electrons. The van der Waals surface area contributed by atoms with E-state index in [-0.39, 0.29) is 0 Å². The van der Waals surface area contributed by atoms with E-state index in [9.17, 15) is 0 Å². The number of hydrogen-bond acceptors (Lipinski definition) is 1. The van der Waals surface area contributed by atoms with Crippen molar-refractivity contribution in [2.24, 2.45) is 11.8 Å². The zero-order valence-corrected chi connectivity index (χ0v) is 11.0. The van der Waals surface area contributed by atoms with E-state index < -0.39 is 0 Å². The summed E-state index contributed by atoms with van der Waals surface area (Å²) in [5.74, 6) is 1.92. The third-order valence-corrected chi connectivity index (χ3v) is 4.17. The lowest BCUT2D eigenvalue weighted by atomic mass is 9.90. The minimum absolute atomic E-state index is 0.941. The third kappa shape index (κ3) is 3.85. The topological polar surface area (TPSA) is 12.0 Å². The highest BCUT2D eigenvalue weighted by Crippen LogP contribution is 2.34. The monoisotopic (exact) mass is 231 g/mol. The van der Waals surface area contributed by atoms with Crippen LogP contribution in [0.15, 0.2) is 30.3 Å². The van der Waals surface area contributed by atoms with Crippen LogP contribution in [0.1, 0.15) is 37.7 Å². The first-order valence-electron chi connectivity index (χ1n) is 7.08. The van der Waals surface area contributed by atoms with E-state index in [2.05, 4.69) is 42.7 Å². The summed E-state index contributed by atoms with van der Waals surface area (Å²) >= 11 is 0. The Morgan fingerprint density at radius 3 is 2.65 bits per heavy atom. The van der Waals surface area contributed by atoms with Gasteiger partial charge in [-0.15, -0.1) is 0 Å². The lowest BCUT2D eigenvalue weighted by Gasteiger charge is -2.19. The number of hydrogen-bond donors (Lipinski definition) is 1. The average Bonchev–Trinajstić information content (AvgIpc) is 2.79. The molecular weight excluding hydrogens is 206 g/mol. The van der Waals surface area contributed by atoms with Crippen LogP contribution in [-0.4, -0.2) is 13.6 Å². The number of benzene rings is 1. The van der Waals surface area contributed by atoms with Crippen LogP contribution in [0.25, 0.3) is 0 Å². The van der Waals surface area contributed by atoms with E-state index in [1.807, 2.05) is 0 Å². The highest BCUT2D eigenvalue weighted by Gasteiger charge is 2.25. The van der Waals surface area contributed by atoms with E-state index in [4.69, 9.17) is 0 Å². The molecule has 17 heavy (non-hydrogen) atoms. The molecule has 1 aliphatic carbocycles. The summed E-state index contributed by atoms with van der Waals surface area (Å²) in [6.07, 6.45) is 8.38. The Labute approximate surface area is 106 Å². The van der Waals surface area contributed by atoms with Crippen molar-refractivity contribution in [1.29, 1.82) is 0 Å². The number of nitrogens with one attached hydrogen (secondary N) is 1. The molecule has 2 unspecified atom stereocenters. The van der Waals surface area contributed by atoms with Crippen LogP contribution >= 0.6 is 0 Å². The normalized spacial score (nSPS) is 24.1. The Morgan fingerprint density at radius 2 is 1.88 bits per heavy atom. The van der Waals surface area contributed by atoms with Crippen molar-refractivity contribution in [3.8, 4) is 0 Å². The molecule has 0 spiro atoms. The predicted octanol–water partition coefficient (Wildman–Crippen LogP) is 3.65. The van der Waals surface area contributed by atoms with Gasteiger partial charge in [-0.2, -0.15) is 0 Å². The maximum absolute atomic E-state index is 3.35. The van der Waals surface area contributed by atoms with Crippen molar-refractivity contribution in [3.63, 3.8) is 0 Å². The minimum atomic E-state index is 0.941. The van der Waals surface area contributed by atoms with E-state index in [1.165, 1.54) is 50.6 Å². The molecule has 1 nitrogen and oxygen atoms in total. The second kappa shape index (κ2) is 6.80. The van der Waals surface area contributed by atoms with E-state index in [0.29, 0.717) is 0 Å². The molecule has 1 N–H and O–H groups in total. The zero-order valence-electron chi connectivity index (χ0n) is 11.0. The molecule has 0 heterocycles. The molecule has 1 heteroatoms. The fraction of sp³-hybridized carbons (Fsp3) is 0.625. The van der Waals surface area contributed by atoms with Gasteiger partial charge < -0.3 is 5.32 Å². The van der Waals surface area contributed by atoms with Gasteiger partial charge in [0.05, 0.1) is 0 Å². The van der Waals surface area contributed by atoms with Crippen molar-refractivity contribution in [2.45, 2.75) is 38.5 Å².